The Morgan fingerprint density at radius 1 is 1.15 bits per heavy atom. The van der Waals surface area contributed by atoms with Crippen LogP contribution in [0.25, 0.3) is 0 Å². The minimum absolute atomic E-state index is 0.00806. The van der Waals surface area contributed by atoms with Crippen LogP contribution in [0, 0.1) is 0 Å². The van der Waals surface area contributed by atoms with Crippen molar-refractivity contribution in [2.75, 3.05) is 21.3 Å². The van der Waals surface area contributed by atoms with Crippen LogP contribution in [-0.4, -0.2) is 21.3 Å². The Morgan fingerprint density at radius 2 is 1.75 bits per heavy atom. The molecule has 0 aliphatic rings. The fourth-order valence-corrected chi connectivity index (χ4v) is 4.31. The maximum atomic E-state index is 5.49. The smallest absolute Gasteiger partial charge is 0.127 e. The van der Waals surface area contributed by atoms with Gasteiger partial charge in [0.05, 0.1) is 29.6 Å². The van der Waals surface area contributed by atoms with Crippen molar-refractivity contribution in [3.8, 4) is 11.5 Å². The molecule has 1 unspecified atom stereocenters. The van der Waals surface area contributed by atoms with Crippen LogP contribution in [-0.2, 0) is 0 Å². The van der Waals surface area contributed by atoms with Crippen LogP contribution in [0.5, 0.6) is 11.5 Å². The minimum atomic E-state index is 0.00806. The minimum Gasteiger partial charge on any atom is -0.496 e. The van der Waals surface area contributed by atoms with Gasteiger partial charge in [-0.15, -0.1) is 11.3 Å². The van der Waals surface area contributed by atoms with Crippen LogP contribution in [0.3, 0.4) is 0 Å². The summed E-state index contributed by atoms with van der Waals surface area (Å²) in [6, 6.07) is 7.92. The largest absolute Gasteiger partial charge is 0.496 e. The molecule has 20 heavy (non-hydrogen) atoms. The fraction of sp³-hybridized carbons (Fsp3) is 0.286. The van der Waals surface area contributed by atoms with E-state index in [9.17, 15) is 0 Å². The number of methoxy groups -OCH3 is 2. The number of ether oxygens (including phenoxy) is 2. The molecule has 1 heterocycles. The van der Waals surface area contributed by atoms with Crippen molar-refractivity contribution in [3.63, 3.8) is 0 Å². The molecular formula is C14H15Br2NO2S. The molecule has 0 radical (unpaired) electrons. The van der Waals surface area contributed by atoms with Crippen LogP contribution in [0.2, 0.25) is 0 Å². The third-order valence-electron chi connectivity index (χ3n) is 2.99. The van der Waals surface area contributed by atoms with Crippen molar-refractivity contribution in [2.45, 2.75) is 6.04 Å². The molecule has 0 spiro atoms. The van der Waals surface area contributed by atoms with E-state index in [1.165, 1.54) is 4.88 Å². The Morgan fingerprint density at radius 3 is 2.15 bits per heavy atom. The highest BCUT2D eigenvalue weighted by molar-refractivity contribution is 9.13. The van der Waals surface area contributed by atoms with Crippen molar-refractivity contribution in [2.24, 2.45) is 0 Å². The zero-order chi connectivity index (χ0) is 14.7. The zero-order valence-corrected chi connectivity index (χ0v) is 15.4. The lowest BCUT2D eigenvalue weighted by Crippen LogP contribution is -2.18. The molecule has 1 atom stereocenters. The molecule has 1 aromatic carbocycles. The lowest BCUT2D eigenvalue weighted by molar-refractivity contribution is 0.379. The highest BCUT2D eigenvalue weighted by atomic mass is 79.9. The second kappa shape index (κ2) is 6.93. The van der Waals surface area contributed by atoms with E-state index in [-0.39, 0.29) is 6.04 Å². The van der Waals surface area contributed by atoms with E-state index in [2.05, 4.69) is 43.2 Å². The summed E-state index contributed by atoms with van der Waals surface area (Å²) in [7, 11) is 5.27. The van der Waals surface area contributed by atoms with E-state index in [4.69, 9.17) is 9.47 Å². The molecule has 0 fully saturated rings. The number of thiophene rings is 1. The Kier molecular flexibility index (Phi) is 5.49. The number of rotatable bonds is 5. The number of nitrogens with one attached hydrogen (secondary N) is 1. The number of halogens is 2. The van der Waals surface area contributed by atoms with Gasteiger partial charge in [-0.1, -0.05) is 6.07 Å². The van der Waals surface area contributed by atoms with Gasteiger partial charge < -0.3 is 14.8 Å². The van der Waals surface area contributed by atoms with Gasteiger partial charge in [0.25, 0.3) is 0 Å². The summed E-state index contributed by atoms with van der Waals surface area (Å²) in [4.78, 5) is 1.18. The van der Waals surface area contributed by atoms with Gasteiger partial charge in [0.15, 0.2) is 0 Å². The first kappa shape index (κ1) is 15.8. The van der Waals surface area contributed by atoms with E-state index in [0.717, 1.165) is 25.3 Å². The van der Waals surface area contributed by atoms with Gasteiger partial charge in [-0.3, -0.25) is 0 Å². The molecule has 108 valence electrons. The van der Waals surface area contributed by atoms with Crippen molar-refractivity contribution in [1.82, 2.24) is 5.32 Å². The molecule has 0 aliphatic heterocycles. The van der Waals surface area contributed by atoms with E-state index in [1.54, 1.807) is 25.6 Å². The Balaban J connectivity index is 2.56. The highest BCUT2D eigenvalue weighted by Gasteiger charge is 2.23. The lowest BCUT2D eigenvalue weighted by Gasteiger charge is -2.20. The van der Waals surface area contributed by atoms with E-state index in [1.807, 2.05) is 25.2 Å². The predicted molar refractivity (Wildman–Crippen MR) is 90.2 cm³/mol. The highest BCUT2D eigenvalue weighted by Crippen LogP contribution is 2.42. The maximum Gasteiger partial charge on any atom is 0.127 e. The lowest BCUT2D eigenvalue weighted by atomic mass is 10.0. The van der Waals surface area contributed by atoms with Gasteiger partial charge in [-0.25, -0.2) is 0 Å². The average molecular weight is 421 g/mol. The Bertz CT molecular complexity index is 559. The fourth-order valence-electron chi connectivity index (χ4n) is 2.10. The summed E-state index contributed by atoms with van der Waals surface area (Å²) in [5.74, 6) is 1.62. The first-order valence-electron chi connectivity index (χ1n) is 5.95. The van der Waals surface area contributed by atoms with E-state index >= 15 is 0 Å². The normalized spacial score (nSPS) is 12.2. The summed E-state index contributed by atoms with van der Waals surface area (Å²) in [6.45, 7) is 0. The van der Waals surface area contributed by atoms with Crippen LogP contribution >= 0.6 is 43.2 Å². The topological polar surface area (TPSA) is 30.5 Å². The van der Waals surface area contributed by atoms with Crippen molar-refractivity contribution in [1.29, 1.82) is 0 Å². The number of hydrogen-bond donors (Lipinski definition) is 1. The molecule has 0 saturated heterocycles. The van der Waals surface area contributed by atoms with Gasteiger partial charge >= 0.3 is 0 Å². The van der Waals surface area contributed by atoms with Crippen molar-refractivity contribution in [3.05, 3.63) is 43.0 Å². The van der Waals surface area contributed by atoms with Gasteiger partial charge in [0.2, 0.25) is 0 Å². The van der Waals surface area contributed by atoms with Gasteiger partial charge in [0, 0.05) is 9.35 Å². The SMILES string of the molecule is CNC(c1cc(Br)c(Br)s1)c1c(OC)cccc1OC. The maximum absolute atomic E-state index is 5.49. The Hall–Kier alpha value is -0.560. The third-order valence-corrected chi connectivity index (χ3v) is 6.31. The monoisotopic (exact) mass is 419 g/mol. The number of hydrogen-bond acceptors (Lipinski definition) is 4. The quantitative estimate of drug-likeness (QED) is 0.766. The molecule has 1 aromatic heterocycles. The van der Waals surface area contributed by atoms with Crippen LogP contribution in [0.15, 0.2) is 32.5 Å². The second-order valence-corrected chi connectivity index (χ2v) is 7.32. The average Bonchev–Trinajstić information content (AvgIpc) is 2.79. The molecule has 0 amide bonds. The first-order chi connectivity index (χ1) is 9.62. The molecule has 1 N–H and O–H groups in total. The zero-order valence-electron chi connectivity index (χ0n) is 11.4. The summed E-state index contributed by atoms with van der Waals surface area (Å²) in [5.41, 5.74) is 1.00. The Labute approximate surface area is 139 Å². The third kappa shape index (κ3) is 3.03. The summed E-state index contributed by atoms with van der Waals surface area (Å²) in [6.07, 6.45) is 0. The van der Waals surface area contributed by atoms with Gasteiger partial charge in [-0.2, -0.15) is 0 Å². The summed E-state index contributed by atoms with van der Waals surface area (Å²) >= 11 is 8.75. The van der Waals surface area contributed by atoms with Gasteiger partial charge in [-0.05, 0) is 57.1 Å². The van der Waals surface area contributed by atoms with E-state index in [0.29, 0.717) is 0 Å². The second-order valence-electron chi connectivity index (χ2n) is 4.07. The molecule has 2 rings (SSSR count). The predicted octanol–water partition coefficient (Wildman–Crippen LogP) is 4.60. The summed E-state index contributed by atoms with van der Waals surface area (Å²) < 4.78 is 13.1. The van der Waals surface area contributed by atoms with Gasteiger partial charge in [0.1, 0.15) is 11.5 Å². The van der Waals surface area contributed by atoms with Crippen molar-refractivity contribution >= 4 is 43.2 Å². The van der Waals surface area contributed by atoms with Crippen LogP contribution in [0.1, 0.15) is 16.5 Å². The first-order valence-corrected chi connectivity index (χ1v) is 8.35. The van der Waals surface area contributed by atoms with Crippen molar-refractivity contribution < 1.29 is 9.47 Å². The molecule has 0 saturated carbocycles. The summed E-state index contributed by atoms with van der Waals surface area (Å²) in [5, 5.41) is 3.33. The molecule has 6 heteroatoms. The molecule has 0 bridgehead atoms. The van der Waals surface area contributed by atoms with Crippen LogP contribution in [0.4, 0.5) is 0 Å². The molecule has 0 aliphatic carbocycles. The standard InChI is InChI=1S/C14H15Br2NO2S/c1-17-13(11-7-8(15)14(16)20-11)12-9(18-2)5-4-6-10(12)19-3/h4-7,13,17H,1-3H3. The molecule has 2 aromatic rings. The van der Waals surface area contributed by atoms with Crippen LogP contribution < -0.4 is 14.8 Å². The molecular weight excluding hydrogens is 406 g/mol. The van der Waals surface area contributed by atoms with E-state index < -0.39 is 0 Å². The number of benzene rings is 1. The molecule has 3 nitrogen and oxygen atoms in total.